The Hall–Kier alpha value is -2.70. The summed E-state index contributed by atoms with van der Waals surface area (Å²) in [7, 11) is 0. The van der Waals surface area contributed by atoms with Crippen LogP contribution in [0.2, 0.25) is 0 Å². The first kappa shape index (κ1) is 12.7. The number of nitro groups is 1. The average molecular weight is 259 g/mol. The van der Waals surface area contributed by atoms with Crippen LogP contribution in [0.1, 0.15) is 11.1 Å². The second-order valence-electron chi connectivity index (χ2n) is 4.08. The highest BCUT2D eigenvalue weighted by Gasteiger charge is 2.15. The van der Waals surface area contributed by atoms with E-state index in [1.807, 2.05) is 13.8 Å². The van der Waals surface area contributed by atoms with E-state index in [1.54, 1.807) is 12.3 Å². The maximum Gasteiger partial charge on any atom is 0.310 e. The number of rotatable bonds is 3. The van der Waals surface area contributed by atoms with E-state index in [-0.39, 0.29) is 5.69 Å². The van der Waals surface area contributed by atoms with E-state index in [2.05, 4.69) is 15.3 Å². The number of nitrogens with one attached hydrogen (secondary N) is 1. The van der Waals surface area contributed by atoms with Gasteiger partial charge in [0.1, 0.15) is 17.7 Å². The van der Waals surface area contributed by atoms with E-state index in [0.29, 0.717) is 17.2 Å². The van der Waals surface area contributed by atoms with Crippen LogP contribution in [0.4, 0.5) is 22.9 Å². The molecule has 3 N–H and O–H groups in total. The molecule has 2 aromatic heterocycles. The van der Waals surface area contributed by atoms with Crippen molar-refractivity contribution in [2.24, 2.45) is 0 Å². The van der Waals surface area contributed by atoms with Gasteiger partial charge in [-0.1, -0.05) is 0 Å². The highest BCUT2D eigenvalue weighted by molar-refractivity contribution is 5.71. The van der Waals surface area contributed by atoms with E-state index in [0.717, 1.165) is 11.1 Å². The summed E-state index contributed by atoms with van der Waals surface area (Å²) in [6, 6.07) is 1.54. The summed E-state index contributed by atoms with van der Waals surface area (Å²) in [5.41, 5.74) is 8.42. The minimum absolute atomic E-state index is 0.0867. The minimum Gasteiger partial charge on any atom is -0.383 e. The Morgan fingerprint density at radius 3 is 2.68 bits per heavy atom. The fourth-order valence-corrected chi connectivity index (χ4v) is 1.63. The Balaban J connectivity index is 2.42. The quantitative estimate of drug-likeness (QED) is 0.647. The standard InChI is InChI=1S/C12H13N5O2/c1-7-8(2)12(13)15-5-10(7)16-9-3-4-14-6-11(9)17(18)19/h3-6H,1-2H3,(H2,13,15)(H,14,16). The number of hydrogen-bond donors (Lipinski definition) is 2. The molecule has 19 heavy (non-hydrogen) atoms. The average Bonchev–Trinajstić information content (AvgIpc) is 2.40. The lowest BCUT2D eigenvalue weighted by Crippen LogP contribution is -2.03. The summed E-state index contributed by atoms with van der Waals surface area (Å²) in [6.07, 6.45) is 4.25. The fraction of sp³-hybridized carbons (Fsp3) is 0.167. The molecule has 2 rings (SSSR count). The molecule has 98 valence electrons. The maximum absolute atomic E-state index is 10.9. The van der Waals surface area contributed by atoms with Crippen LogP contribution in [0.3, 0.4) is 0 Å². The molecule has 7 nitrogen and oxygen atoms in total. The first-order valence-corrected chi connectivity index (χ1v) is 5.57. The Morgan fingerprint density at radius 1 is 1.26 bits per heavy atom. The van der Waals surface area contributed by atoms with Gasteiger partial charge in [-0.3, -0.25) is 15.1 Å². The Labute approximate surface area is 109 Å². The second-order valence-corrected chi connectivity index (χ2v) is 4.08. The molecule has 0 bridgehead atoms. The largest absolute Gasteiger partial charge is 0.383 e. The van der Waals surface area contributed by atoms with Gasteiger partial charge in [0, 0.05) is 6.20 Å². The van der Waals surface area contributed by atoms with Gasteiger partial charge in [0.25, 0.3) is 0 Å². The van der Waals surface area contributed by atoms with Crippen molar-refractivity contribution in [1.82, 2.24) is 9.97 Å². The smallest absolute Gasteiger partial charge is 0.310 e. The zero-order valence-corrected chi connectivity index (χ0v) is 10.5. The predicted molar refractivity (Wildman–Crippen MR) is 72.3 cm³/mol. The molecule has 0 unspecified atom stereocenters. The normalized spacial score (nSPS) is 10.2. The third-order valence-corrected chi connectivity index (χ3v) is 2.95. The molecular weight excluding hydrogens is 246 g/mol. The van der Waals surface area contributed by atoms with Crippen LogP contribution < -0.4 is 11.1 Å². The van der Waals surface area contributed by atoms with Crippen molar-refractivity contribution in [2.75, 3.05) is 11.1 Å². The van der Waals surface area contributed by atoms with Crippen LogP contribution in [0.25, 0.3) is 0 Å². The number of anilines is 3. The molecule has 2 heterocycles. The van der Waals surface area contributed by atoms with Crippen molar-refractivity contribution < 1.29 is 4.92 Å². The monoisotopic (exact) mass is 259 g/mol. The van der Waals surface area contributed by atoms with Crippen LogP contribution in [0, 0.1) is 24.0 Å². The van der Waals surface area contributed by atoms with Crippen molar-refractivity contribution in [3.63, 3.8) is 0 Å². The molecule has 0 radical (unpaired) electrons. The molecule has 0 aliphatic carbocycles. The summed E-state index contributed by atoms with van der Waals surface area (Å²) >= 11 is 0. The van der Waals surface area contributed by atoms with E-state index >= 15 is 0 Å². The van der Waals surface area contributed by atoms with Gasteiger partial charge in [0.15, 0.2) is 0 Å². The molecule has 0 saturated carbocycles. The Bertz CT molecular complexity index is 642. The first-order chi connectivity index (χ1) is 9.00. The predicted octanol–water partition coefficient (Wildman–Crippen LogP) is 2.33. The van der Waals surface area contributed by atoms with E-state index in [4.69, 9.17) is 5.73 Å². The summed E-state index contributed by atoms with van der Waals surface area (Å²) in [5, 5.41) is 13.9. The van der Waals surface area contributed by atoms with Crippen molar-refractivity contribution in [3.8, 4) is 0 Å². The maximum atomic E-state index is 10.9. The van der Waals surface area contributed by atoms with Crippen LogP contribution in [0.5, 0.6) is 0 Å². The minimum atomic E-state index is -0.484. The molecule has 0 spiro atoms. The Morgan fingerprint density at radius 2 is 2.00 bits per heavy atom. The molecule has 0 atom stereocenters. The van der Waals surface area contributed by atoms with Crippen LogP contribution >= 0.6 is 0 Å². The lowest BCUT2D eigenvalue weighted by molar-refractivity contribution is -0.384. The van der Waals surface area contributed by atoms with Gasteiger partial charge in [-0.15, -0.1) is 0 Å². The van der Waals surface area contributed by atoms with Crippen molar-refractivity contribution in [2.45, 2.75) is 13.8 Å². The molecular formula is C12H13N5O2. The lowest BCUT2D eigenvalue weighted by Gasteiger charge is -2.12. The molecule has 0 aromatic carbocycles. The second kappa shape index (κ2) is 4.89. The molecule has 0 amide bonds. The summed E-state index contributed by atoms with van der Waals surface area (Å²) in [6.45, 7) is 3.73. The molecule has 0 aliphatic rings. The molecule has 0 aliphatic heterocycles. The zero-order valence-electron chi connectivity index (χ0n) is 10.5. The molecule has 0 saturated heterocycles. The topological polar surface area (TPSA) is 107 Å². The SMILES string of the molecule is Cc1c(Nc2ccncc2[N+](=O)[O-])cnc(N)c1C. The Kier molecular flexibility index (Phi) is 3.28. The third-order valence-electron chi connectivity index (χ3n) is 2.95. The van der Waals surface area contributed by atoms with Crippen molar-refractivity contribution in [3.05, 3.63) is 45.9 Å². The zero-order chi connectivity index (χ0) is 14.0. The van der Waals surface area contributed by atoms with E-state index < -0.39 is 4.92 Å². The number of pyridine rings is 2. The fourth-order valence-electron chi connectivity index (χ4n) is 1.63. The number of nitrogens with two attached hydrogens (primary N) is 1. The van der Waals surface area contributed by atoms with Crippen LogP contribution in [-0.4, -0.2) is 14.9 Å². The summed E-state index contributed by atoms with van der Waals surface area (Å²) < 4.78 is 0. The molecule has 2 aromatic rings. The van der Waals surface area contributed by atoms with E-state index in [9.17, 15) is 10.1 Å². The van der Waals surface area contributed by atoms with Gasteiger partial charge in [0.2, 0.25) is 0 Å². The van der Waals surface area contributed by atoms with E-state index in [1.165, 1.54) is 12.4 Å². The van der Waals surface area contributed by atoms with Gasteiger partial charge >= 0.3 is 5.69 Å². The van der Waals surface area contributed by atoms with Gasteiger partial charge in [-0.05, 0) is 31.0 Å². The summed E-state index contributed by atoms with van der Waals surface area (Å²) in [5.74, 6) is 0.451. The van der Waals surface area contributed by atoms with Crippen LogP contribution in [0.15, 0.2) is 24.7 Å². The van der Waals surface area contributed by atoms with Crippen molar-refractivity contribution >= 4 is 22.9 Å². The van der Waals surface area contributed by atoms with Crippen LogP contribution in [-0.2, 0) is 0 Å². The number of nitrogen functional groups attached to an aromatic ring is 1. The summed E-state index contributed by atoms with van der Waals surface area (Å²) in [4.78, 5) is 18.2. The molecule has 7 heteroatoms. The molecule has 0 fully saturated rings. The van der Waals surface area contributed by atoms with Gasteiger partial charge in [-0.25, -0.2) is 4.98 Å². The highest BCUT2D eigenvalue weighted by atomic mass is 16.6. The van der Waals surface area contributed by atoms with Gasteiger partial charge in [0.05, 0.1) is 16.8 Å². The van der Waals surface area contributed by atoms with Gasteiger partial charge in [-0.2, -0.15) is 0 Å². The highest BCUT2D eigenvalue weighted by Crippen LogP contribution is 2.29. The van der Waals surface area contributed by atoms with Gasteiger partial charge < -0.3 is 11.1 Å². The third kappa shape index (κ3) is 2.44. The number of hydrogen-bond acceptors (Lipinski definition) is 6. The lowest BCUT2D eigenvalue weighted by atomic mass is 10.1. The number of aromatic nitrogens is 2. The number of nitrogens with zero attached hydrogens (tertiary/aromatic N) is 3. The first-order valence-electron chi connectivity index (χ1n) is 5.57. The van der Waals surface area contributed by atoms with Crippen molar-refractivity contribution in [1.29, 1.82) is 0 Å².